The zero-order chi connectivity index (χ0) is 10.7. The van der Waals surface area contributed by atoms with Crippen LogP contribution in [-0.4, -0.2) is 28.7 Å². The maximum absolute atomic E-state index is 12.3. The average molecular weight is 274 g/mol. The fourth-order valence-corrected chi connectivity index (χ4v) is 3.05. The lowest BCUT2D eigenvalue weighted by molar-refractivity contribution is -0.139. The molecule has 0 aromatic heterocycles. The van der Waals surface area contributed by atoms with Crippen molar-refractivity contribution in [2.75, 3.05) is 11.9 Å². The molecule has 2 nitrogen and oxygen atoms in total. The van der Waals surface area contributed by atoms with Gasteiger partial charge in [-0.05, 0) is 32.1 Å². The maximum Gasteiger partial charge on any atom is 0.225 e. The summed E-state index contributed by atoms with van der Waals surface area (Å²) < 4.78 is 0. The Morgan fingerprint density at radius 3 is 2.27 bits per heavy atom. The predicted octanol–water partition coefficient (Wildman–Crippen LogP) is 2.95. The molecule has 2 aliphatic carbocycles. The Labute approximate surface area is 101 Å². The molecule has 0 unspecified atom stereocenters. The molecule has 0 atom stereocenters. The van der Waals surface area contributed by atoms with Gasteiger partial charge in [-0.2, -0.15) is 0 Å². The molecule has 0 spiro atoms. The lowest BCUT2D eigenvalue weighted by Crippen LogP contribution is -2.47. The number of hydrogen-bond donors (Lipinski definition) is 0. The fraction of sp³-hybridized carbons (Fsp3) is 0.917. The van der Waals surface area contributed by atoms with E-state index in [0.717, 1.165) is 24.7 Å². The maximum atomic E-state index is 12.3. The summed E-state index contributed by atoms with van der Waals surface area (Å²) in [6.45, 7) is 0.903. The first-order valence-corrected chi connectivity index (χ1v) is 7.31. The van der Waals surface area contributed by atoms with Crippen LogP contribution in [-0.2, 0) is 4.79 Å². The summed E-state index contributed by atoms with van der Waals surface area (Å²) in [4.78, 5) is 14.4. The second kappa shape index (κ2) is 5.33. The minimum Gasteiger partial charge on any atom is -0.339 e. The Morgan fingerprint density at radius 1 is 1.13 bits per heavy atom. The molecule has 0 N–H and O–H groups in total. The van der Waals surface area contributed by atoms with Gasteiger partial charge in [-0.15, -0.1) is 0 Å². The number of nitrogens with zero attached hydrogens (tertiary/aromatic N) is 1. The summed E-state index contributed by atoms with van der Waals surface area (Å²) in [6.07, 6.45) is 8.53. The van der Waals surface area contributed by atoms with Crippen LogP contribution in [0.4, 0.5) is 0 Å². The number of alkyl halides is 1. The highest BCUT2D eigenvalue weighted by Gasteiger charge is 2.33. The van der Waals surface area contributed by atoms with E-state index in [4.69, 9.17) is 0 Å². The van der Waals surface area contributed by atoms with Crippen molar-refractivity contribution in [3.05, 3.63) is 0 Å². The Morgan fingerprint density at radius 2 is 1.80 bits per heavy atom. The first-order chi connectivity index (χ1) is 7.33. The number of halogens is 1. The van der Waals surface area contributed by atoms with Crippen molar-refractivity contribution in [2.24, 2.45) is 5.92 Å². The van der Waals surface area contributed by atoms with E-state index in [9.17, 15) is 4.79 Å². The SMILES string of the molecule is O=C(C1CCCC1)N(CCBr)C1CCC1. The number of carbonyl (C=O) groups is 1. The first kappa shape index (κ1) is 11.4. The second-order valence-electron chi connectivity index (χ2n) is 4.79. The molecular weight excluding hydrogens is 254 g/mol. The minimum absolute atomic E-state index is 0.352. The van der Waals surface area contributed by atoms with Crippen LogP contribution in [0.15, 0.2) is 0 Å². The molecule has 0 saturated heterocycles. The Hall–Kier alpha value is -0.0500. The standard InChI is InChI=1S/C12H20BrNO/c13-8-9-14(11-6-3-7-11)12(15)10-4-1-2-5-10/h10-11H,1-9H2. The van der Waals surface area contributed by atoms with Crippen LogP contribution in [0.25, 0.3) is 0 Å². The van der Waals surface area contributed by atoms with E-state index in [1.165, 1.54) is 32.1 Å². The molecule has 1 amide bonds. The van der Waals surface area contributed by atoms with Crippen molar-refractivity contribution in [3.63, 3.8) is 0 Å². The molecule has 86 valence electrons. The van der Waals surface area contributed by atoms with E-state index >= 15 is 0 Å². The van der Waals surface area contributed by atoms with Gasteiger partial charge in [0, 0.05) is 23.8 Å². The smallest absolute Gasteiger partial charge is 0.225 e. The van der Waals surface area contributed by atoms with E-state index in [2.05, 4.69) is 20.8 Å². The van der Waals surface area contributed by atoms with Gasteiger partial charge in [-0.3, -0.25) is 4.79 Å². The fourth-order valence-electron chi connectivity index (χ4n) is 2.67. The van der Waals surface area contributed by atoms with Gasteiger partial charge in [0.1, 0.15) is 0 Å². The summed E-state index contributed by atoms with van der Waals surface area (Å²) in [7, 11) is 0. The van der Waals surface area contributed by atoms with Gasteiger partial charge in [0.15, 0.2) is 0 Å². The van der Waals surface area contributed by atoms with Crippen molar-refractivity contribution in [3.8, 4) is 0 Å². The normalized spacial score (nSPS) is 22.7. The monoisotopic (exact) mass is 273 g/mol. The van der Waals surface area contributed by atoms with Gasteiger partial charge in [-0.25, -0.2) is 0 Å². The van der Waals surface area contributed by atoms with Crippen LogP contribution in [0.1, 0.15) is 44.9 Å². The molecule has 2 rings (SSSR count). The minimum atomic E-state index is 0.352. The second-order valence-corrected chi connectivity index (χ2v) is 5.58. The van der Waals surface area contributed by atoms with Gasteiger partial charge in [0.25, 0.3) is 0 Å². The average Bonchev–Trinajstić information content (AvgIpc) is 2.66. The number of carbonyl (C=O) groups excluding carboxylic acids is 1. The first-order valence-electron chi connectivity index (χ1n) is 6.19. The topological polar surface area (TPSA) is 20.3 Å². The van der Waals surface area contributed by atoms with Crippen LogP contribution in [0.5, 0.6) is 0 Å². The van der Waals surface area contributed by atoms with Crippen LogP contribution < -0.4 is 0 Å². The van der Waals surface area contributed by atoms with Gasteiger partial charge >= 0.3 is 0 Å². The lowest BCUT2D eigenvalue weighted by Gasteiger charge is -2.38. The predicted molar refractivity (Wildman–Crippen MR) is 65.1 cm³/mol. The van der Waals surface area contributed by atoms with E-state index < -0.39 is 0 Å². The van der Waals surface area contributed by atoms with E-state index in [1.807, 2.05) is 0 Å². The zero-order valence-corrected chi connectivity index (χ0v) is 10.8. The quantitative estimate of drug-likeness (QED) is 0.722. The molecule has 0 radical (unpaired) electrons. The van der Waals surface area contributed by atoms with Gasteiger partial charge in [-0.1, -0.05) is 28.8 Å². The lowest BCUT2D eigenvalue weighted by atomic mass is 9.90. The molecule has 2 fully saturated rings. The van der Waals surface area contributed by atoms with E-state index in [0.29, 0.717) is 17.9 Å². The summed E-state index contributed by atoms with van der Waals surface area (Å²) in [6, 6.07) is 0.565. The molecule has 0 bridgehead atoms. The number of amides is 1. The van der Waals surface area contributed by atoms with Gasteiger partial charge < -0.3 is 4.90 Å². The number of rotatable bonds is 4. The van der Waals surface area contributed by atoms with Gasteiger partial charge in [0.05, 0.1) is 0 Å². The third kappa shape index (κ3) is 2.55. The van der Waals surface area contributed by atoms with Crippen molar-refractivity contribution in [2.45, 2.75) is 51.0 Å². The molecule has 0 heterocycles. The summed E-state index contributed by atoms with van der Waals surface area (Å²) in [5, 5.41) is 0.919. The summed E-state index contributed by atoms with van der Waals surface area (Å²) in [5.41, 5.74) is 0. The highest BCUT2D eigenvalue weighted by Crippen LogP contribution is 2.31. The van der Waals surface area contributed by atoms with Crippen LogP contribution >= 0.6 is 15.9 Å². The van der Waals surface area contributed by atoms with Crippen molar-refractivity contribution in [1.29, 1.82) is 0 Å². The molecular formula is C12H20BrNO. The highest BCUT2D eigenvalue weighted by molar-refractivity contribution is 9.09. The molecule has 2 aliphatic rings. The van der Waals surface area contributed by atoms with E-state index in [-0.39, 0.29) is 0 Å². The van der Waals surface area contributed by atoms with Crippen LogP contribution in [0.2, 0.25) is 0 Å². The Kier molecular flexibility index (Phi) is 4.06. The van der Waals surface area contributed by atoms with Gasteiger partial charge in [0.2, 0.25) is 5.91 Å². The third-order valence-electron chi connectivity index (χ3n) is 3.83. The Balaban J connectivity index is 1.92. The summed E-state index contributed by atoms with van der Waals surface area (Å²) in [5.74, 6) is 0.793. The third-order valence-corrected chi connectivity index (χ3v) is 4.18. The molecule has 0 aromatic rings. The highest BCUT2D eigenvalue weighted by atomic mass is 79.9. The molecule has 2 saturated carbocycles. The van der Waals surface area contributed by atoms with Crippen molar-refractivity contribution in [1.82, 2.24) is 4.90 Å². The van der Waals surface area contributed by atoms with Crippen molar-refractivity contribution < 1.29 is 4.79 Å². The molecule has 0 aliphatic heterocycles. The van der Waals surface area contributed by atoms with Crippen LogP contribution in [0, 0.1) is 5.92 Å². The Bertz CT molecular complexity index is 222. The zero-order valence-electron chi connectivity index (χ0n) is 9.25. The van der Waals surface area contributed by atoms with Crippen molar-refractivity contribution >= 4 is 21.8 Å². The summed E-state index contributed by atoms with van der Waals surface area (Å²) >= 11 is 3.45. The number of hydrogen-bond acceptors (Lipinski definition) is 1. The molecule has 3 heteroatoms. The van der Waals surface area contributed by atoms with E-state index in [1.54, 1.807) is 0 Å². The van der Waals surface area contributed by atoms with Crippen LogP contribution in [0.3, 0.4) is 0 Å². The largest absolute Gasteiger partial charge is 0.339 e. The molecule has 0 aromatic carbocycles. The molecule has 15 heavy (non-hydrogen) atoms.